The summed E-state index contributed by atoms with van der Waals surface area (Å²) >= 11 is 0. The number of ether oxygens (including phenoxy) is 1. The van der Waals surface area contributed by atoms with Gasteiger partial charge in [0.25, 0.3) is 5.91 Å². The molecule has 1 atom stereocenters. The molecule has 5 heteroatoms. The topological polar surface area (TPSA) is 49.9 Å². The molecule has 2 saturated heterocycles. The van der Waals surface area contributed by atoms with Gasteiger partial charge in [-0.15, -0.1) is 0 Å². The van der Waals surface area contributed by atoms with Crippen LogP contribution in [0.2, 0.25) is 0 Å². The third-order valence-corrected chi connectivity index (χ3v) is 5.89. The average molecular weight is 358 g/mol. The summed E-state index contributed by atoms with van der Waals surface area (Å²) < 4.78 is 5.82. The second-order valence-corrected chi connectivity index (χ2v) is 7.56. The molecule has 0 bridgehead atoms. The van der Waals surface area contributed by atoms with Crippen LogP contribution < -0.4 is 4.74 Å². The van der Waals surface area contributed by atoms with E-state index in [0.717, 1.165) is 62.1 Å². The van der Waals surface area contributed by atoms with E-state index >= 15 is 0 Å². The van der Waals surface area contributed by atoms with Crippen molar-refractivity contribution in [2.45, 2.75) is 58.4 Å². The number of carbonyl (C=O) groups excluding carboxylic acids is 2. The van der Waals surface area contributed by atoms with Gasteiger partial charge in [0.05, 0.1) is 0 Å². The number of nitrogens with zero attached hydrogens (tertiary/aromatic N) is 2. The minimum atomic E-state index is -0.629. The lowest BCUT2D eigenvalue weighted by molar-refractivity contribution is -0.156. The molecule has 1 aromatic carbocycles. The molecule has 1 unspecified atom stereocenters. The average Bonchev–Trinajstić information content (AvgIpc) is 3.05. The molecule has 2 fully saturated rings. The molecule has 2 aliphatic rings. The molecule has 1 aromatic rings. The lowest BCUT2D eigenvalue weighted by atomic mass is 9.85. The number of aryl methyl sites for hydroxylation is 1. The van der Waals surface area contributed by atoms with Crippen LogP contribution in [0.15, 0.2) is 18.2 Å². The van der Waals surface area contributed by atoms with Crippen molar-refractivity contribution in [2.24, 2.45) is 0 Å². The zero-order valence-electron chi connectivity index (χ0n) is 16.2. The molecular weight excluding hydrogens is 328 g/mol. The second-order valence-electron chi connectivity index (χ2n) is 7.56. The summed E-state index contributed by atoms with van der Waals surface area (Å²) in [5.74, 6) is 0.812. The summed E-state index contributed by atoms with van der Waals surface area (Å²) in [4.78, 5) is 29.8. The van der Waals surface area contributed by atoms with E-state index in [1.54, 1.807) is 0 Å². The SMILES string of the molecule is CCCN1CCCC2(CCCN2C(=O)COc2cccc(C)c2C)C1=O. The first-order chi connectivity index (χ1) is 12.5. The van der Waals surface area contributed by atoms with Crippen molar-refractivity contribution in [3.05, 3.63) is 29.3 Å². The van der Waals surface area contributed by atoms with Crippen molar-refractivity contribution in [3.63, 3.8) is 0 Å². The van der Waals surface area contributed by atoms with E-state index in [1.165, 1.54) is 0 Å². The zero-order valence-corrected chi connectivity index (χ0v) is 16.2. The van der Waals surface area contributed by atoms with Crippen molar-refractivity contribution in [1.29, 1.82) is 0 Å². The normalized spacial score (nSPS) is 23.0. The quantitative estimate of drug-likeness (QED) is 0.813. The molecule has 1 spiro atoms. The first-order valence-corrected chi connectivity index (χ1v) is 9.78. The first-order valence-electron chi connectivity index (χ1n) is 9.78. The number of likely N-dealkylation sites (tertiary alicyclic amines) is 2. The Balaban J connectivity index is 1.72. The van der Waals surface area contributed by atoms with Crippen molar-refractivity contribution < 1.29 is 14.3 Å². The van der Waals surface area contributed by atoms with Crippen LogP contribution in [0.4, 0.5) is 0 Å². The maximum absolute atomic E-state index is 13.1. The maximum Gasteiger partial charge on any atom is 0.261 e. The summed E-state index contributed by atoms with van der Waals surface area (Å²) in [5.41, 5.74) is 1.57. The first kappa shape index (κ1) is 18.7. The predicted octanol–water partition coefficient (Wildman–Crippen LogP) is 3.08. The fourth-order valence-electron chi connectivity index (χ4n) is 4.37. The molecule has 3 rings (SSSR count). The lowest BCUT2D eigenvalue weighted by Crippen LogP contribution is -2.62. The molecule has 26 heavy (non-hydrogen) atoms. The summed E-state index contributed by atoms with van der Waals surface area (Å²) in [5, 5.41) is 0. The minimum Gasteiger partial charge on any atom is -0.483 e. The smallest absolute Gasteiger partial charge is 0.261 e. The molecule has 0 aromatic heterocycles. The second kappa shape index (κ2) is 7.68. The third kappa shape index (κ3) is 3.31. The highest BCUT2D eigenvalue weighted by atomic mass is 16.5. The van der Waals surface area contributed by atoms with E-state index in [2.05, 4.69) is 6.92 Å². The van der Waals surface area contributed by atoms with Gasteiger partial charge in [0.15, 0.2) is 6.61 Å². The van der Waals surface area contributed by atoms with Crippen LogP contribution in [0.25, 0.3) is 0 Å². The fourth-order valence-corrected chi connectivity index (χ4v) is 4.37. The highest BCUT2D eigenvalue weighted by molar-refractivity contribution is 5.93. The van der Waals surface area contributed by atoms with Gasteiger partial charge >= 0.3 is 0 Å². The number of carbonyl (C=O) groups is 2. The van der Waals surface area contributed by atoms with E-state index in [0.29, 0.717) is 6.54 Å². The molecule has 5 nitrogen and oxygen atoms in total. The molecule has 0 aliphatic carbocycles. The Bertz CT molecular complexity index is 686. The highest BCUT2D eigenvalue weighted by Gasteiger charge is 2.52. The number of amides is 2. The number of rotatable bonds is 5. The maximum atomic E-state index is 13.1. The Kier molecular flexibility index (Phi) is 5.54. The molecule has 142 valence electrons. The summed E-state index contributed by atoms with van der Waals surface area (Å²) in [6.07, 6.45) is 4.36. The summed E-state index contributed by atoms with van der Waals surface area (Å²) in [6, 6.07) is 5.86. The van der Waals surface area contributed by atoms with Gasteiger partial charge in [-0.25, -0.2) is 0 Å². The summed E-state index contributed by atoms with van der Waals surface area (Å²) in [6.45, 7) is 8.36. The molecule has 0 saturated carbocycles. The van der Waals surface area contributed by atoms with Crippen LogP contribution in [0.1, 0.15) is 50.2 Å². The zero-order chi connectivity index (χ0) is 18.7. The van der Waals surface area contributed by atoms with E-state index in [-0.39, 0.29) is 18.4 Å². The predicted molar refractivity (Wildman–Crippen MR) is 101 cm³/mol. The molecular formula is C21H30N2O3. The van der Waals surface area contributed by atoms with E-state index in [9.17, 15) is 9.59 Å². The van der Waals surface area contributed by atoms with Crippen LogP contribution in [0.5, 0.6) is 5.75 Å². The van der Waals surface area contributed by atoms with Gasteiger partial charge in [-0.2, -0.15) is 0 Å². The number of benzene rings is 1. The van der Waals surface area contributed by atoms with Gasteiger partial charge < -0.3 is 14.5 Å². The van der Waals surface area contributed by atoms with Gasteiger partial charge in [-0.05, 0) is 63.1 Å². The van der Waals surface area contributed by atoms with Crippen molar-refractivity contribution in [1.82, 2.24) is 9.80 Å². The largest absolute Gasteiger partial charge is 0.483 e. The van der Waals surface area contributed by atoms with Crippen LogP contribution >= 0.6 is 0 Å². The van der Waals surface area contributed by atoms with Crippen LogP contribution in [-0.4, -0.2) is 53.4 Å². The fraction of sp³-hybridized carbons (Fsp3) is 0.619. The monoisotopic (exact) mass is 358 g/mol. The number of hydrogen-bond acceptors (Lipinski definition) is 3. The van der Waals surface area contributed by atoms with Crippen LogP contribution in [0, 0.1) is 13.8 Å². The van der Waals surface area contributed by atoms with E-state index < -0.39 is 5.54 Å². The van der Waals surface area contributed by atoms with E-state index in [4.69, 9.17) is 4.74 Å². The molecule has 0 N–H and O–H groups in total. The molecule has 2 heterocycles. The van der Waals surface area contributed by atoms with Gasteiger partial charge in [0, 0.05) is 19.6 Å². The Hall–Kier alpha value is -2.04. The summed E-state index contributed by atoms with van der Waals surface area (Å²) in [7, 11) is 0. The van der Waals surface area contributed by atoms with E-state index in [1.807, 2.05) is 41.8 Å². The van der Waals surface area contributed by atoms with Crippen molar-refractivity contribution in [2.75, 3.05) is 26.2 Å². The molecule has 2 amide bonds. The number of hydrogen-bond donors (Lipinski definition) is 0. The molecule has 0 radical (unpaired) electrons. The lowest BCUT2D eigenvalue weighted by Gasteiger charge is -2.44. The van der Waals surface area contributed by atoms with Crippen molar-refractivity contribution in [3.8, 4) is 5.75 Å². The van der Waals surface area contributed by atoms with Gasteiger partial charge in [0.1, 0.15) is 11.3 Å². The van der Waals surface area contributed by atoms with Gasteiger partial charge in [-0.1, -0.05) is 19.1 Å². The number of piperidine rings is 1. The third-order valence-electron chi connectivity index (χ3n) is 5.89. The minimum absolute atomic E-state index is 0.00684. The highest BCUT2D eigenvalue weighted by Crippen LogP contribution is 2.38. The molecule has 2 aliphatic heterocycles. The van der Waals surface area contributed by atoms with Gasteiger partial charge in [0.2, 0.25) is 5.91 Å². The Morgan fingerprint density at radius 1 is 1.19 bits per heavy atom. The Morgan fingerprint density at radius 2 is 1.92 bits per heavy atom. The Labute approximate surface area is 156 Å². The van der Waals surface area contributed by atoms with Gasteiger partial charge in [-0.3, -0.25) is 9.59 Å². The van der Waals surface area contributed by atoms with Crippen LogP contribution in [-0.2, 0) is 9.59 Å². The van der Waals surface area contributed by atoms with Crippen molar-refractivity contribution >= 4 is 11.8 Å². The Morgan fingerprint density at radius 3 is 2.65 bits per heavy atom. The van der Waals surface area contributed by atoms with Crippen LogP contribution in [0.3, 0.4) is 0 Å². The standard InChI is InChI=1S/C21H30N2O3/c1-4-12-22-13-6-10-21(20(22)25)11-7-14-23(21)19(24)15-26-18-9-5-8-16(2)17(18)3/h5,8-9H,4,6-7,10-15H2,1-3H3.